The zero-order valence-corrected chi connectivity index (χ0v) is 15.4. The average Bonchev–Trinajstić information content (AvgIpc) is 2.89. The Labute approximate surface area is 165 Å². The highest BCUT2D eigenvalue weighted by Crippen LogP contribution is 2.48. The number of carboxylic acid groups (broad SMARTS) is 1. The van der Waals surface area contributed by atoms with Gasteiger partial charge < -0.3 is 20.2 Å². The van der Waals surface area contributed by atoms with Gasteiger partial charge in [-0.2, -0.15) is 13.2 Å². The minimum Gasteiger partial charge on any atom is -0.481 e. The summed E-state index contributed by atoms with van der Waals surface area (Å²) in [5, 5.41) is 33.2. The maximum Gasteiger partial charge on any atom is 0.416 e. The predicted octanol–water partition coefficient (Wildman–Crippen LogP) is 3.16. The molecule has 0 radical (unpaired) electrons. The summed E-state index contributed by atoms with van der Waals surface area (Å²) in [7, 11) is 0. The maximum absolute atomic E-state index is 12.8. The van der Waals surface area contributed by atoms with Crippen LogP contribution in [-0.2, 0) is 15.8 Å². The molecule has 9 heteroatoms. The van der Waals surface area contributed by atoms with Crippen LogP contribution in [0.3, 0.4) is 0 Å². The normalized spacial score (nSPS) is 28.9. The number of hydrogen-bond donors (Lipinski definition) is 3. The fourth-order valence-corrected chi connectivity index (χ4v) is 3.86. The SMILES string of the molecule is O=C(O)CCON=C1C[C@H]2C(O)C(C=CC(O)c3cccc(C(F)(F)F)c3)C[C@H]12. The number of benzene rings is 1. The molecule has 0 saturated heterocycles. The second kappa shape index (κ2) is 8.54. The van der Waals surface area contributed by atoms with E-state index < -0.39 is 29.9 Å². The number of rotatable bonds is 7. The Bertz CT molecular complexity index is 808. The molecule has 1 aromatic rings. The third-order valence-corrected chi connectivity index (χ3v) is 5.48. The van der Waals surface area contributed by atoms with Gasteiger partial charge in [0, 0.05) is 11.8 Å². The van der Waals surface area contributed by atoms with Crippen LogP contribution >= 0.6 is 0 Å². The topological polar surface area (TPSA) is 99.4 Å². The van der Waals surface area contributed by atoms with E-state index in [1.807, 2.05) is 0 Å². The monoisotopic (exact) mass is 413 g/mol. The van der Waals surface area contributed by atoms with Crippen LogP contribution in [0.25, 0.3) is 0 Å². The summed E-state index contributed by atoms with van der Waals surface area (Å²) >= 11 is 0. The van der Waals surface area contributed by atoms with E-state index in [9.17, 15) is 28.2 Å². The van der Waals surface area contributed by atoms with Crippen LogP contribution in [-0.4, -0.2) is 39.7 Å². The highest BCUT2D eigenvalue weighted by molar-refractivity contribution is 5.93. The molecule has 2 saturated carbocycles. The van der Waals surface area contributed by atoms with E-state index in [0.717, 1.165) is 17.8 Å². The van der Waals surface area contributed by atoms with Crippen molar-refractivity contribution in [1.82, 2.24) is 0 Å². The van der Waals surface area contributed by atoms with Gasteiger partial charge in [0.05, 0.1) is 29.9 Å². The number of aliphatic hydroxyl groups is 2. The van der Waals surface area contributed by atoms with Crippen LogP contribution in [0, 0.1) is 17.8 Å². The molecule has 0 aromatic heterocycles. The maximum atomic E-state index is 12.8. The minimum absolute atomic E-state index is 0.0113. The molecule has 0 heterocycles. The van der Waals surface area contributed by atoms with Crippen molar-refractivity contribution in [2.75, 3.05) is 6.61 Å². The van der Waals surface area contributed by atoms with Gasteiger partial charge in [0.25, 0.3) is 0 Å². The van der Waals surface area contributed by atoms with Gasteiger partial charge >= 0.3 is 12.1 Å². The summed E-state index contributed by atoms with van der Waals surface area (Å²) in [5.74, 6) is -1.19. The van der Waals surface area contributed by atoms with Gasteiger partial charge in [-0.05, 0) is 36.5 Å². The van der Waals surface area contributed by atoms with E-state index in [1.165, 1.54) is 18.2 Å². The Hall–Kier alpha value is -2.39. The van der Waals surface area contributed by atoms with E-state index in [0.29, 0.717) is 12.8 Å². The van der Waals surface area contributed by atoms with Gasteiger partial charge in [0.2, 0.25) is 0 Å². The Kier molecular flexibility index (Phi) is 6.28. The van der Waals surface area contributed by atoms with Crippen molar-refractivity contribution in [3.63, 3.8) is 0 Å². The van der Waals surface area contributed by atoms with Crippen LogP contribution < -0.4 is 0 Å². The van der Waals surface area contributed by atoms with Gasteiger partial charge in [-0.3, -0.25) is 4.79 Å². The first kappa shape index (κ1) is 21.3. The molecule has 6 nitrogen and oxygen atoms in total. The number of carboxylic acids is 1. The van der Waals surface area contributed by atoms with Crippen molar-refractivity contribution in [3.05, 3.63) is 47.5 Å². The first-order chi connectivity index (χ1) is 13.7. The number of fused-ring (bicyclic) bond motifs is 1. The van der Waals surface area contributed by atoms with Crippen molar-refractivity contribution < 1.29 is 38.1 Å². The zero-order valence-electron chi connectivity index (χ0n) is 15.4. The Morgan fingerprint density at radius 2 is 2.14 bits per heavy atom. The smallest absolute Gasteiger partial charge is 0.416 e. The molecular formula is C20H22F3NO5. The number of oxime groups is 1. The number of carbonyl (C=O) groups is 1. The first-order valence-corrected chi connectivity index (χ1v) is 9.29. The van der Waals surface area contributed by atoms with E-state index in [4.69, 9.17) is 9.94 Å². The molecule has 2 aliphatic rings. The molecule has 3 rings (SSSR count). The van der Waals surface area contributed by atoms with Gasteiger partial charge in [0.1, 0.15) is 6.61 Å². The van der Waals surface area contributed by atoms with Gasteiger partial charge in [0.15, 0.2) is 0 Å². The summed E-state index contributed by atoms with van der Waals surface area (Å²) in [6.45, 7) is -0.0225. The number of alkyl halides is 3. The third-order valence-electron chi connectivity index (χ3n) is 5.48. The summed E-state index contributed by atoms with van der Waals surface area (Å²) in [5.41, 5.74) is 0.0690. The van der Waals surface area contributed by atoms with Crippen LogP contribution in [0.5, 0.6) is 0 Å². The minimum atomic E-state index is -4.48. The summed E-state index contributed by atoms with van der Waals surface area (Å²) < 4.78 is 38.4. The first-order valence-electron chi connectivity index (χ1n) is 9.29. The number of nitrogens with zero attached hydrogens (tertiary/aromatic N) is 1. The molecule has 2 aliphatic carbocycles. The molecule has 29 heavy (non-hydrogen) atoms. The molecule has 0 spiro atoms. The van der Waals surface area contributed by atoms with Crippen LogP contribution in [0.15, 0.2) is 41.6 Å². The molecule has 5 atom stereocenters. The van der Waals surface area contributed by atoms with Crippen molar-refractivity contribution in [1.29, 1.82) is 0 Å². The second-order valence-electron chi connectivity index (χ2n) is 7.38. The lowest BCUT2D eigenvalue weighted by Crippen LogP contribution is -2.38. The quantitative estimate of drug-likeness (QED) is 0.362. The van der Waals surface area contributed by atoms with E-state index in [2.05, 4.69) is 5.16 Å². The van der Waals surface area contributed by atoms with E-state index in [-0.39, 0.29) is 36.3 Å². The fraction of sp³-hybridized carbons (Fsp3) is 0.500. The fourth-order valence-electron chi connectivity index (χ4n) is 3.86. The second-order valence-corrected chi connectivity index (χ2v) is 7.38. The van der Waals surface area contributed by atoms with Crippen LogP contribution in [0.2, 0.25) is 0 Å². The van der Waals surface area contributed by atoms with E-state index >= 15 is 0 Å². The lowest BCUT2D eigenvalue weighted by atomic mass is 9.73. The number of aliphatic carboxylic acids is 1. The van der Waals surface area contributed by atoms with Gasteiger partial charge in [-0.1, -0.05) is 29.4 Å². The molecule has 1 aromatic carbocycles. The summed E-state index contributed by atoms with van der Waals surface area (Å²) in [4.78, 5) is 15.4. The van der Waals surface area contributed by atoms with Gasteiger partial charge in [-0.15, -0.1) is 0 Å². The Balaban J connectivity index is 1.58. The number of aliphatic hydroxyl groups excluding tert-OH is 2. The number of halogens is 3. The highest BCUT2D eigenvalue weighted by Gasteiger charge is 2.51. The standard InChI is InChI=1S/C20H22F3NO5/c21-20(22,23)13-3-1-2-11(8-13)17(25)5-4-12-9-14-15(19(12)28)10-16(14)24-29-7-6-18(26)27/h1-5,8,12,14-15,17,19,25,28H,6-7,9-10H2,(H,26,27)/t12?,14-,15+,17?,19?/m0/s1. The Morgan fingerprint density at radius 3 is 2.83 bits per heavy atom. The van der Waals surface area contributed by atoms with Crippen LogP contribution in [0.4, 0.5) is 13.2 Å². The molecule has 3 unspecified atom stereocenters. The molecule has 0 amide bonds. The molecule has 0 bridgehead atoms. The molecular weight excluding hydrogens is 391 g/mol. The lowest BCUT2D eigenvalue weighted by molar-refractivity contribution is -0.138. The van der Waals surface area contributed by atoms with Crippen LogP contribution in [0.1, 0.15) is 36.5 Å². The lowest BCUT2D eigenvalue weighted by Gasteiger charge is -2.33. The number of hydrogen-bond acceptors (Lipinski definition) is 5. The van der Waals surface area contributed by atoms with Crippen molar-refractivity contribution in [2.45, 2.75) is 37.6 Å². The molecule has 158 valence electrons. The van der Waals surface area contributed by atoms with Crippen molar-refractivity contribution in [2.24, 2.45) is 22.9 Å². The zero-order chi connectivity index (χ0) is 21.2. The van der Waals surface area contributed by atoms with Crippen molar-refractivity contribution >= 4 is 11.7 Å². The predicted molar refractivity (Wildman–Crippen MR) is 96.9 cm³/mol. The average molecular weight is 413 g/mol. The summed E-state index contributed by atoms with van der Waals surface area (Å²) in [6, 6.07) is 4.51. The molecule has 2 fully saturated rings. The molecule has 3 N–H and O–H groups in total. The Morgan fingerprint density at radius 1 is 1.38 bits per heavy atom. The van der Waals surface area contributed by atoms with Gasteiger partial charge in [-0.25, -0.2) is 0 Å². The third kappa shape index (κ3) is 4.97. The largest absolute Gasteiger partial charge is 0.481 e. The van der Waals surface area contributed by atoms with Crippen molar-refractivity contribution in [3.8, 4) is 0 Å². The summed E-state index contributed by atoms with van der Waals surface area (Å²) in [6.07, 6.45) is -2.31. The molecule has 0 aliphatic heterocycles. The highest BCUT2D eigenvalue weighted by atomic mass is 19.4. The van der Waals surface area contributed by atoms with E-state index in [1.54, 1.807) is 6.08 Å².